The number of alkyl halides is 3. The van der Waals surface area contributed by atoms with Crippen molar-refractivity contribution in [2.45, 2.75) is 44.0 Å². The van der Waals surface area contributed by atoms with Crippen LogP contribution in [0.5, 0.6) is 5.88 Å². The van der Waals surface area contributed by atoms with Gasteiger partial charge in [0.05, 0.1) is 5.56 Å². The maximum absolute atomic E-state index is 12.5. The number of hydrogen-bond donors (Lipinski definition) is 1. The fourth-order valence-electron chi connectivity index (χ4n) is 2.11. The number of ether oxygens (including phenoxy) is 1. The van der Waals surface area contributed by atoms with Gasteiger partial charge in [0.1, 0.15) is 11.1 Å². The minimum absolute atomic E-state index is 0.0359. The Morgan fingerprint density at radius 1 is 1.37 bits per heavy atom. The Morgan fingerprint density at radius 3 is 2.68 bits per heavy atom. The van der Waals surface area contributed by atoms with E-state index in [1.165, 1.54) is 0 Å². The highest BCUT2D eigenvalue weighted by atomic mass is 35.5. The average molecular weight is 295 g/mol. The Bertz CT molecular complexity index is 453. The molecule has 0 aromatic carbocycles. The van der Waals surface area contributed by atoms with Crippen molar-refractivity contribution < 1.29 is 17.9 Å². The second-order valence-corrected chi connectivity index (χ2v) is 5.08. The van der Waals surface area contributed by atoms with Gasteiger partial charge in [-0.15, -0.1) is 0 Å². The first-order valence-electron chi connectivity index (χ1n) is 6.01. The monoisotopic (exact) mass is 294 g/mol. The van der Waals surface area contributed by atoms with Crippen LogP contribution in [0, 0.1) is 0 Å². The second-order valence-electron chi connectivity index (χ2n) is 4.68. The second kappa shape index (κ2) is 5.54. The maximum atomic E-state index is 12.5. The van der Waals surface area contributed by atoms with Crippen LogP contribution in [0.3, 0.4) is 0 Å². The van der Waals surface area contributed by atoms with E-state index in [1.54, 1.807) is 0 Å². The van der Waals surface area contributed by atoms with Gasteiger partial charge in [-0.2, -0.15) is 13.2 Å². The highest BCUT2D eigenvalue weighted by molar-refractivity contribution is 6.31. The number of nitrogens with zero attached hydrogens (tertiary/aromatic N) is 1. The van der Waals surface area contributed by atoms with Gasteiger partial charge in [0.15, 0.2) is 0 Å². The average Bonchev–Trinajstić information content (AvgIpc) is 2.30. The molecule has 0 spiro atoms. The normalized spacial score (nSPS) is 24.3. The molecule has 2 atom stereocenters. The van der Waals surface area contributed by atoms with Crippen LogP contribution in [0.15, 0.2) is 12.3 Å². The zero-order valence-corrected chi connectivity index (χ0v) is 10.8. The Morgan fingerprint density at radius 2 is 2.11 bits per heavy atom. The summed E-state index contributed by atoms with van der Waals surface area (Å²) in [6, 6.07) is 0.888. The molecule has 0 bridgehead atoms. The number of pyridine rings is 1. The molecule has 2 rings (SSSR count). The Hall–Kier alpha value is -1.01. The summed E-state index contributed by atoms with van der Waals surface area (Å²) in [6.45, 7) is 0. The molecule has 1 aliphatic carbocycles. The van der Waals surface area contributed by atoms with Crippen molar-refractivity contribution in [3.63, 3.8) is 0 Å². The van der Waals surface area contributed by atoms with Crippen LogP contribution in [-0.2, 0) is 6.18 Å². The van der Waals surface area contributed by atoms with E-state index in [4.69, 9.17) is 22.1 Å². The largest absolute Gasteiger partial charge is 0.473 e. The van der Waals surface area contributed by atoms with Gasteiger partial charge in [0.25, 0.3) is 0 Å². The Kier molecular flexibility index (Phi) is 4.20. The lowest BCUT2D eigenvalue weighted by Crippen LogP contribution is -2.33. The molecular weight excluding hydrogens is 281 g/mol. The number of halogens is 4. The van der Waals surface area contributed by atoms with Gasteiger partial charge in [-0.25, -0.2) is 4.98 Å². The van der Waals surface area contributed by atoms with Crippen molar-refractivity contribution >= 4 is 11.6 Å². The minimum atomic E-state index is -4.46. The summed E-state index contributed by atoms with van der Waals surface area (Å²) < 4.78 is 42.9. The maximum Gasteiger partial charge on any atom is 0.417 e. The van der Waals surface area contributed by atoms with Crippen molar-refractivity contribution in [2.24, 2.45) is 5.73 Å². The molecule has 1 saturated carbocycles. The summed E-state index contributed by atoms with van der Waals surface area (Å²) in [5, 5.41) is -0.131. The van der Waals surface area contributed by atoms with Gasteiger partial charge < -0.3 is 10.5 Å². The summed E-state index contributed by atoms with van der Waals surface area (Å²) in [6.07, 6.45) is -0.513. The predicted molar refractivity (Wildman–Crippen MR) is 65.1 cm³/mol. The van der Waals surface area contributed by atoms with E-state index in [0.717, 1.165) is 31.5 Å². The third kappa shape index (κ3) is 3.73. The summed E-state index contributed by atoms with van der Waals surface area (Å²) in [5.74, 6) is 0.0359. The third-order valence-corrected chi connectivity index (χ3v) is 3.35. The number of rotatable bonds is 2. The van der Waals surface area contributed by atoms with Gasteiger partial charge >= 0.3 is 6.18 Å². The number of nitrogens with two attached hydrogens (primary N) is 1. The van der Waals surface area contributed by atoms with Gasteiger partial charge in [0, 0.05) is 12.2 Å². The number of hydrogen-bond acceptors (Lipinski definition) is 3. The fourth-order valence-corrected chi connectivity index (χ4v) is 2.32. The van der Waals surface area contributed by atoms with Crippen molar-refractivity contribution in [1.82, 2.24) is 4.98 Å². The van der Waals surface area contributed by atoms with Crippen LogP contribution in [0.25, 0.3) is 0 Å². The van der Waals surface area contributed by atoms with Crippen LogP contribution in [0.4, 0.5) is 13.2 Å². The van der Waals surface area contributed by atoms with Crippen molar-refractivity contribution in [3.05, 3.63) is 22.8 Å². The summed E-state index contributed by atoms with van der Waals surface area (Å²) in [5.41, 5.74) is 4.93. The molecule has 2 unspecified atom stereocenters. The van der Waals surface area contributed by atoms with E-state index >= 15 is 0 Å². The van der Waals surface area contributed by atoms with Gasteiger partial charge in [0.2, 0.25) is 5.88 Å². The molecule has 3 nitrogen and oxygen atoms in total. The Labute approximate surface area is 113 Å². The molecule has 0 saturated heterocycles. The lowest BCUT2D eigenvalue weighted by atomic mass is 9.94. The topological polar surface area (TPSA) is 48.1 Å². The molecular formula is C12H14ClF3N2O. The first-order valence-corrected chi connectivity index (χ1v) is 6.39. The van der Waals surface area contributed by atoms with Gasteiger partial charge in [-0.1, -0.05) is 11.6 Å². The first kappa shape index (κ1) is 14.4. The van der Waals surface area contributed by atoms with Crippen LogP contribution in [0.2, 0.25) is 5.02 Å². The molecule has 1 fully saturated rings. The molecule has 0 amide bonds. The van der Waals surface area contributed by atoms with Crippen LogP contribution in [-0.4, -0.2) is 17.1 Å². The Balaban J connectivity index is 2.09. The van der Waals surface area contributed by atoms with E-state index in [2.05, 4.69) is 4.98 Å². The zero-order chi connectivity index (χ0) is 14.0. The molecule has 106 valence electrons. The lowest BCUT2D eigenvalue weighted by molar-refractivity contribution is -0.137. The summed E-state index contributed by atoms with van der Waals surface area (Å²) >= 11 is 5.77. The molecule has 2 N–H and O–H groups in total. The smallest absolute Gasteiger partial charge is 0.417 e. The molecule has 1 aromatic rings. The van der Waals surface area contributed by atoms with Crippen molar-refractivity contribution in [1.29, 1.82) is 0 Å². The van der Waals surface area contributed by atoms with E-state index in [9.17, 15) is 13.2 Å². The highest BCUT2D eigenvalue weighted by Crippen LogP contribution is 2.34. The SMILES string of the molecule is NC1CCCC(Oc2ncc(C(F)(F)F)cc2Cl)C1. The van der Waals surface area contributed by atoms with E-state index in [0.29, 0.717) is 6.42 Å². The summed E-state index contributed by atoms with van der Waals surface area (Å²) in [7, 11) is 0. The molecule has 1 heterocycles. The van der Waals surface area contributed by atoms with Crippen molar-refractivity contribution in [2.75, 3.05) is 0 Å². The van der Waals surface area contributed by atoms with Gasteiger partial charge in [-0.3, -0.25) is 0 Å². The van der Waals surface area contributed by atoms with E-state index < -0.39 is 11.7 Å². The molecule has 19 heavy (non-hydrogen) atoms. The van der Waals surface area contributed by atoms with Crippen LogP contribution >= 0.6 is 11.6 Å². The molecule has 7 heteroatoms. The standard InChI is InChI=1S/C12H14ClF3N2O/c13-10-4-7(12(14,15)16)6-18-11(10)19-9-3-1-2-8(17)5-9/h4,6,8-9H,1-3,5,17H2. The minimum Gasteiger partial charge on any atom is -0.473 e. The van der Waals surface area contributed by atoms with E-state index in [-0.39, 0.29) is 23.0 Å². The van der Waals surface area contributed by atoms with Crippen LogP contribution in [0.1, 0.15) is 31.2 Å². The predicted octanol–water partition coefficient (Wildman–Crippen LogP) is 3.40. The molecule has 1 aliphatic rings. The van der Waals surface area contributed by atoms with Crippen LogP contribution < -0.4 is 10.5 Å². The number of aromatic nitrogens is 1. The molecule has 0 aliphatic heterocycles. The van der Waals surface area contributed by atoms with E-state index in [1.807, 2.05) is 0 Å². The quantitative estimate of drug-likeness (QED) is 0.909. The third-order valence-electron chi connectivity index (χ3n) is 3.08. The van der Waals surface area contributed by atoms with Crippen molar-refractivity contribution in [3.8, 4) is 5.88 Å². The highest BCUT2D eigenvalue weighted by Gasteiger charge is 2.32. The summed E-state index contributed by atoms with van der Waals surface area (Å²) in [4.78, 5) is 3.65. The molecule has 1 aromatic heterocycles. The van der Waals surface area contributed by atoms with Gasteiger partial charge in [-0.05, 0) is 31.7 Å². The molecule has 0 radical (unpaired) electrons. The lowest BCUT2D eigenvalue weighted by Gasteiger charge is -2.27. The first-order chi connectivity index (χ1) is 8.86. The zero-order valence-electron chi connectivity index (χ0n) is 10.1. The fraction of sp³-hybridized carbons (Fsp3) is 0.583.